The van der Waals surface area contributed by atoms with Gasteiger partial charge in [-0.05, 0) is 55.8 Å². The van der Waals surface area contributed by atoms with Crippen molar-refractivity contribution in [3.8, 4) is 22.7 Å². The molecule has 1 atom stereocenters. The lowest BCUT2D eigenvalue weighted by molar-refractivity contribution is 0.0592. The van der Waals surface area contributed by atoms with Crippen molar-refractivity contribution in [1.82, 2.24) is 29.8 Å². The van der Waals surface area contributed by atoms with E-state index in [-0.39, 0.29) is 16.6 Å². The number of benzene rings is 3. The fourth-order valence-corrected chi connectivity index (χ4v) is 5.27. The fraction of sp³-hybridized carbons (Fsp3) is 0.172. The minimum atomic E-state index is -0.600. The maximum atomic E-state index is 13.0. The number of carbonyl (C=O) groups is 2. The van der Waals surface area contributed by atoms with Crippen molar-refractivity contribution in [2.75, 3.05) is 7.11 Å². The molecule has 3 aromatic carbocycles. The molecule has 12 heteroatoms. The van der Waals surface area contributed by atoms with Gasteiger partial charge in [-0.1, -0.05) is 57.2 Å². The number of nitrogens with zero attached hydrogens (tertiary/aromatic N) is 6. The molecule has 5 rings (SSSR count). The Morgan fingerprint density at radius 3 is 2.51 bits per heavy atom. The molecule has 0 amide bonds. The summed E-state index contributed by atoms with van der Waals surface area (Å²) in [6.45, 7) is 3.87. The summed E-state index contributed by atoms with van der Waals surface area (Å²) in [7, 11) is 3.19. The molecule has 2 aromatic heterocycles. The van der Waals surface area contributed by atoms with E-state index < -0.39 is 11.9 Å². The zero-order valence-corrected chi connectivity index (χ0v) is 25.0. The molecule has 2 heterocycles. The van der Waals surface area contributed by atoms with Gasteiger partial charge in [0, 0.05) is 27.9 Å². The molecule has 0 aliphatic rings. The standard InChI is InChI=1S/C29H25BrN6O4S/c1-17-24(30)13-12-23(28(38)39-4)26(17)40-27(37)20-10-8-19(9-11-20)25-15-36(34-32-25)22-7-5-6-21(14-22)18(2)41-29-33-31-16-35(29)3/h5-16,18H,1-4H3/t18-/m0/s1. The summed E-state index contributed by atoms with van der Waals surface area (Å²) in [6.07, 6.45) is 3.52. The minimum Gasteiger partial charge on any atom is -0.465 e. The SMILES string of the molecule is COC(=O)c1ccc(Br)c(C)c1OC(=O)c1ccc(-c2cn(-c3cccc([C@H](C)Sc4nncn4C)c3)nn2)cc1. The molecule has 10 nitrogen and oxygen atoms in total. The number of esters is 2. The second-order valence-corrected chi connectivity index (χ2v) is 11.3. The molecule has 41 heavy (non-hydrogen) atoms. The lowest BCUT2D eigenvalue weighted by atomic mass is 10.1. The predicted molar refractivity (Wildman–Crippen MR) is 157 cm³/mol. The summed E-state index contributed by atoms with van der Waals surface area (Å²) in [4.78, 5) is 25.2. The molecule has 208 valence electrons. The van der Waals surface area contributed by atoms with Crippen molar-refractivity contribution in [3.05, 3.63) is 99.9 Å². The first-order chi connectivity index (χ1) is 19.7. The van der Waals surface area contributed by atoms with E-state index in [0.717, 1.165) is 22.0 Å². The Morgan fingerprint density at radius 2 is 1.80 bits per heavy atom. The van der Waals surface area contributed by atoms with Gasteiger partial charge in [0.1, 0.15) is 23.3 Å². The monoisotopic (exact) mass is 632 g/mol. The molecule has 0 radical (unpaired) electrons. The number of hydrogen-bond acceptors (Lipinski definition) is 9. The smallest absolute Gasteiger partial charge is 0.343 e. The van der Waals surface area contributed by atoms with Gasteiger partial charge in [-0.2, -0.15) is 0 Å². The predicted octanol–water partition coefficient (Wildman–Crippen LogP) is 5.99. The maximum absolute atomic E-state index is 13.0. The van der Waals surface area contributed by atoms with Crippen LogP contribution in [0.25, 0.3) is 16.9 Å². The third kappa shape index (κ3) is 6.08. The Kier molecular flexibility index (Phi) is 8.31. The van der Waals surface area contributed by atoms with Gasteiger partial charge in [0.15, 0.2) is 5.16 Å². The van der Waals surface area contributed by atoms with Crippen molar-refractivity contribution in [2.45, 2.75) is 24.3 Å². The summed E-state index contributed by atoms with van der Waals surface area (Å²) >= 11 is 5.04. The zero-order valence-electron chi connectivity index (χ0n) is 22.6. The molecule has 0 N–H and O–H groups in total. The summed E-state index contributed by atoms with van der Waals surface area (Å²) in [5.74, 6) is -1.04. The van der Waals surface area contributed by atoms with Crippen molar-refractivity contribution in [3.63, 3.8) is 0 Å². The largest absolute Gasteiger partial charge is 0.465 e. The first-order valence-corrected chi connectivity index (χ1v) is 14.2. The fourth-order valence-electron chi connectivity index (χ4n) is 4.05. The highest BCUT2D eigenvalue weighted by atomic mass is 79.9. The van der Waals surface area contributed by atoms with Crippen LogP contribution >= 0.6 is 27.7 Å². The highest BCUT2D eigenvalue weighted by Gasteiger charge is 2.21. The van der Waals surface area contributed by atoms with Gasteiger partial charge in [0.05, 0.1) is 24.6 Å². The Labute approximate surface area is 248 Å². The van der Waals surface area contributed by atoms with Crippen LogP contribution in [0.2, 0.25) is 0 Å². The lowest BCUT2D eigenvalue weighted by Crippen LogP contribution is -2.13. The van der Waals surface area contributed by atoms with Crippen LogP contribution < -0.4 is 4.74 Å². The van der Waals surface area contributed by atoms with Gasteiger partial charge >= 0.3 is 11.9 Å². The van der Waals surface area contributed by atoms with Crippen molar-refractivity contribution >= 4 is 39.6 Å². The Bertz CT molecular complexity index is 1730. The van der Waals surface area contributed by atoms with E-state index in [4.69, 9.17) is 9.47 Å². The maximum Gasteiger partial charge on any atom is 0.343 e. The van der Waals surface area contributed by atoms with Crippen LogP contribution in [0.3, 0.4) is 0 Å². The average molecular weight is 634 g/mol. The van der Waals surface area contributed by atoms with E-state index >= 15 is 0 Å². The van der Waals surface area contributed by atoms with E-state index in [2.05, 4.69) is 55.5 Å². The molecule has 0 aliphatic heterocycles. The van der Waals surface area contributed by atoms with E-state index in [1.165, 1.54) is 7.11 Å². The summed E-state index contributed by atoms with van der Waals surface area (Å²) in [5.41, 5.74) is 4.51. The van der Waals surface area contributed by atoms with Gasteiger partial charge < -0.3 is 14.0 Å². The van der Waals surface area contributed by atoms with Gasteiger partial charge in [-0.3, -0.25) is 0 Å². The van der Waals surface area contributed by atoms with Gasteiger partial charge in [-0.25, -0.2) is 14.3 Å². The third-order valence-corrected chi connectivity index (χ3v) is 8.47. The minimum absolute atomic E-state index is 0.148. The summed E-state index contributed by atoms with van der Waals surface area (Å²) in [5, 5.41) is 17.7. The van der Waals surface area contributed by atoms with Crippen LogP contribution in [0.5, 0.6) is 5.75 Å². The second-order valence-electron chi connectivity index (χ2n) is 9.14. The zero-order chi connectivity index (χ0) is 29.1. The van der Waals surface area contributed by atoms with E-state index in [0.29, 0.717) is 21.3 Å². The number of thioether (sulfide) groups is 1. The Morgan fingerprint density at radius 1 is 1.02 bits per heavy atom. The summed E-state index contributed by atoms with van der Waals surface area (Å²) in [6, 6.07) is 18.2. The molecule has 0 fully saturated rings. The molecule has 0 bridgehead atoms. The van der Waals surface area contributed by atoms with Crippen molar-refractivity contribution in [2.24, 2.45) is 7.05 Å². The molecule has 0 saturated carbocycles. The van der Waals surface area contributed by atoms with Crippen LogP contribution in [0.4, 0.5) is 0 Å². The molecule has 0 saturated heterocycles. The van der Waals surface area contributed by atoms with Crippen LogP contribution in [-0.4, -0.2) is 48.8 Å². The van der Waals surface area contributed by atoms with E-state index in [1.807, 2.05) is 29.9 Å². The molecule has 5 aromatic rings. The number of aryl methyl sites for hydroxylation is 1. The highest BCUT2D eigenvalue weighted by molar-refractivity contribution is 9.10. The highest BCUT2D eigenvalue weighted by Crippen LogP contribution is 2.34. The van der Waals surface area contributed by atoms with Crippen molar-refractivity contribution < 1.29 is 19.1 Å². The Balaban J connectivity index is 1.31. The lowest BCUT2D eigenvalue weighted by Gasteiger charge is -2.13. The first kappa shape index (κ1) is 28.2. The van der Waals surface area contributed by atoms with Gasteiger partial charge in [0.25, 0.3) is 0 Å². The molecular weight excluding hydrogens is 608 g/mol. The number of halogens is 1. The number of hydrogen-bond donors (Lipinski definition) is 0. The van der Waals surface area contributed by atoms with Crippen LogP contribution in [-0.2, 0) is 11.8 Å². The Hall–Kier alpha value is -4.29. The molecule has 0 unspecified atom stereocenters. The van der Waals surface area contributed by atoms with E-state index in [9.17, 15) is 9.59 Å². The number of methoxy groups -OCH3 is 1. The van der Waals surface area contributed by atoms with Gasteiger partial charge in [0.2, 0.25) is 0 Å². The van der Waals surface area contributed by atoms with Crippen LogP contribution in [0.15, 0.2) is 82.8 Å². The van der Waals surface area contributed by atoms with Crippen molar-refractivity contribution in [1.29, 1.82) is 0 Å². The first-order valence-electron chi connectivity index (χ1n) is 12.5. The number of aromatic nitrogens is 6. The number of carbonyl (C=O) groups excluding carboxylic acids is 2. The molecular formula is C29H25BrN6O4S. The van der Waals surface area contributed by atoms with Gasteiger partial charge in [-0.15, -0.1) is 15.3 Å². The van der Waals surface area contributed by atoms with E-state index in [1.54, 1.807) is 66.1 Å². The summed E-state index contributed by atoms with van der Waals surface area (Å²) < 4.78 is 14.8. The second kappa shape index (κ2) is 12.1. The number of ether oxygens (including phenoxy) is 2. The number of rotatable bonds is 8. The topological polar surface area (TPSA) is 114 Å². The van der Waals surface area contributed by atoms with Crippen LogP contribution in [0.1, 0.15) is 44.0 Å². The third-order valence-electron chi connectivity index (χ3n) is 6.41. The average Bonchev–Trinajstić information content (AvgIpc) is 3.65. The molecule has 0 aliphatic carbocycles. The molecule has 0 spiro atoms. The normalized spacial score (nSPS) is 11.7. The quantitative estimate of drug-likeness (QED) is 0.115. The van der Waals surface area contributed by atoms with Crippen LogP contribution in [0, 0.1) is 6.92 Å².